The van der Waals surface area contributed by atoms with E-state index >= 15 is 0 Å². The van der Waals surface area contributed by atoms with Gasteiger partial charge in [-0.3, -0.25) is 9.78 Å². The Kier molecular flexibility index (Phi) is 2.88. The molecule has 1 N–H and O–H groups in total. The Morgan fingerprint density at radius 1 is 1.35 bits per heavy atom. The summed E-state index contributed by atoms with van der Waals surface area (Å²) in [4.78, 5) is 18.8. The highest BCUT2D eigenvalue weighted by Crippen LogP contribution is 2.33. The lowest BCUT2D eigenvalue weighted by Crippen LogP contribution is -2.34. The van der Waals surface area contributed by atoms with Gasteiger partial charge in [-0.05, 0) is 36.8 Å². The molecule has 2 aromatic heterocycles. The molecule has 3 heterocycles. The van der Waals surface area contributed by atoms with Crippen molar-refractivity contribution in [2.24, 2.45) is 5.92 Å². The van der Waals surface area contributed by atoms with E-state index in [9.17, 15) is 4.79 Å². The lowest BCUT2D eigenvalue weighted by molar-refractivity contribution is -0.124. The number of fused-ring (bicyclic) bond motifs is 1. The molecule has 1 amide bonds. The van der Waals surface area contributed by atoms with Crippen LogP contribution in [0.25, 0.3) is 10.2 Å². The molecule has 1 unspecified atom stereocenters. The number of carbonyl (C=O) groups excluding carboxylic acids is 1. The average Bonchev–Trinajstić information content (AvgIpc) is 2.97. The normalized spacial score (nSPS) is 22.4. The SMILES string of the molecule is O=C(NC1CC1)C1CCN(c2ccnc3ccsc23)C1. The lowest BCUT2D eigenvalue weighted by Gasteiger charge is -2.19. The van der Waals surface area contributed by atoms with Crippen molar-refractivity contribution in [1.29, 1.82) is 0 Å². The van der Waals surface area contributed by atoms with Gasteiger partial charge in [0.05, 0.1) is 21.8 Å². The van der Waals surface area contributed by atoms with Crippen molar-refractivity contribution in [3.05, 3.63) is 23.7 Å². The number of nitrogens with zero attached hydrogens (tertiary/aromatic N) is 2. The van der Waals surface area contributed by atoms with Gasteiger partial charge in [-0.1, -0.05) is 0 Å². The van der Waals surface area contributed by atoms with E-state index in [4.69, 9.17) is 0 Å². The summed E-state index contributed by atoms with van der Waals surface area (Å²) < 4.78 is 1.23. The minimum atomic E-state index is 0.138. The Morgan fingerprint density at radius 2 is 2.25 bits per heavy atom. The van der Waals surface area contributed by atoms with E-state index < -0.39 is 0 Å². The first-order valence-corrected chi connectivity index (χ1v) is 8.07. The van der Waals surface area contributed by atoms with E-state index in [-0.39, 0.29) is 11.8 Å². The fourth-order valence-corrected chi connectivity index (χ4v) is 3.74. The van der Waals surface area contributed by atoms with Crippen LogP contribution >= 0.6 is 11.3 Å². The second kappa shape index (κ2) is 4.74. The van der Waals surface area contributed by atoms with E-state index in [1.54, 1.807) is 11.3 Å². The van der Waals surface area contributed by atoms with Crippen molar-refractivity contribution in [2.45, 2.75) is 25.3 Å². The van der Waals surface area contributed by atoms with Gasteiger partial charge in [0.2, 0.25) is 5.91 Å². The monoisotopic (exact) mass is 287 g/mol. The number of thiophene rings is 1. The van der Waals surface area contributed by atoms with Crippen LogP contribution in [0.15, 0.2) is 23.7 Å². The molecule has 1 aliphatic heterocycles. The van der Waals surface area contributed by atoms with Crippen molar-refractivity contribution in [1.82, 2.24) is 10.3 Å². The van der Waals surface area contributed by atoms with Gasteiger partial charge in [-0.25, -0.2) is 0 Å². The first-order valence-electron chi connectivity index (χ1n) is 7.19. The number of amides is 1. The van der Waals surface area contributed by atoms with Gasteiger partial charge in [0.1, 0.15) is 0 Å². The van der Waals surface area contributed by atoms with E-state index in [1.807, 2.05) is 6.20 Å². The Hall–Kier alpha value is -1.62. The fourth-order valence-electron chi connectivity index (χ4n) is 2.85. The number of anilines is 1. The molecule has 1 saturated heterocycles. The minimum Gasteiger partial charge on any atom is -0.369 e. The number of hydrogen-bond donors (Lipinski definition) is 1. The molecule has 104 valence electrons. The van der Waals surface area contributed by atoms with Gasteiger partial charge in [-0.2, -0.15) is 0 Å². The highest BCUT2D eigenvalue weighted by Gasteiger charge is 2.32. The Bertz CT molecular complexity index is 649. The van der Waals surface area contributed by atoms with Crippen LogP contribution in [0.5, 0.6) is 0 Å². The predicted octanol–water partition coefficient (Wildman–Crippen LogP) is 2.40. The second-order valence-electron chi connectivity index (χ2n) is 5.68. The number of hydrogen-bond acceptors (Lipinski definition) is 4. The molecule has 1 atom stereocenters. The third kappa shape index (κ3) is 2.16. The molecule has 2 aliphatic rings. The average molecular weight is 287 g/mol. The molecule has 0 spiro atoms. The molecule has 2 aromatic rings. The standard InChI is InChI=1S/C15H17N3OS/c19-15(17-11-1-2-11)10-4-7-18(9-10)13-3-6-16-12-5-8-20-14(12)13/h3,5-6,8,10-11H,1-2,4,7,9H2,(H,17,19). The number of carbonyl (C=O) groups is 1. The van der Waals surface area contributed by atoms with Crippen LogP contribution in [0, 0.1) is 5.92 Å². The Morgan fingerprint density at radius 3 is 3.10 bits per heavy atom. The zero-order valence-electron chi connectivity index (χ0n) is 11.2. The quantitative estimate of drug-likeness (QED) is 0.943. The molecule has 2 fully saturated rings. The van der Waals surface area contributed by atoms with Gasteiger partial charge in [0.25, 0.3) is 0 Å². The summed E-state index contributed by atoms with van der Waals surface area (Å²) in [5.74, 6) is 0.380. The lowest BCUT2D eigenvalue weighted by atomic mass is 10.1. The van der Waals surface area contributed by atoms with Crippen LogP contribution in [0.1, 0.15) is 19.3 Å². The van der Waals surface area contributed by atoms with Crippen molar-refractivity contribution in [3.8, 4) is 0 Å². The van der Waals surface area contributed by atoms with Crippen LogP contribution in [0.3, 0.4) is 0 Å². The summed E-state index contributed by atoms with van der Waals surface area (Å²) in [6.07, 6.45) is 5.13. The molecular formula is C15H17N3OS. The second-order valence-corrected chi connectivity index (χ2v) is 6.60. The molecule has 5 heteroatoms. The summed E-state index contributed by atoms with van der Waals surface area (Å²) in [5, 5.41) is 5.20. The van der Waals surface area contributed by atoms with Crippen molar-refractivity contribution < 1.29 is 4.79 Å². The highest BCUT2D eigenvalue weighted by atomic mass is 32.1. The van der Waals surface area contributed by atoms with E-state index in [0.29, 0.717) is 6.04 Å². The summed E-state index contributed by atoms with van der Waals surface area (Å²) in [6, 6.07) is 4.58. The number of nitrogens with one attached hydrogen (secondary N) is 1. The van der Waals surface area contributed by atoms with Gasteiger partial charge >= 0.3 is 0 Å². The predicted molar refractivity (Wildman–Crippen MR) is 81.1 cm³/mol. The van der Waals surface area contributed by atoms with Crippen molar-refractivity contribution in [3.63, 3.8) is 0 Å². The van der Waals surface area contributed by atoms with Crippen LogP contribution < -0.4 is 10.2 Å². The van der Waals surface area contributed by atoms with Crippen LogP contribution in [-0.4, -0.2) is 30.0 Å². The van der Waals surface area contributed by atoms with Crippen LogP contribution in [0.2, 0.25) is 0 Å². The molecular weight excluding hydrogens is 270 g/mol. The zero-order chi connectivity index (χ0) is 13.5. The van der Waals surface area contributed by atoms with Gasteiger partial charge < -0.3 is 10.2 Å². The summed E-state index contributed by atoms with van der Waals surface area (Å²) >= 11 is 1.73. The van der Waals surface area contributed by atoms with Gasteiger partial charge in [0, 0.05) is 25.3 Å². The molecule has 0 radical (unpaired) electrons. The van der Waals surface area contributed by atoms with Crippen LogP contribution in [-0.2, 0) is 4.79 Å². The number of rotatable bonds is 3. The van der Waals surface area contributed by atoms with Gasteiger partial charge in [0.15, 0.2) is 0 Å². The molecule has 4 nitrogen and oxygen atoms in total. The molecule has 20 heavy (non-hydrogen) atoms. The third-order valence-corrected chi connectivity index (χ3v) is 5.07. The topological polar surface area (TPSA) is 45.2 Å². The van der Waals surface area contributed by atoms with Crippen molar-refractivity contribution >= 4 is 33.1 Å². The molecule has 1 aliphatic carbocycles. The maximum absolute atomic E-state index is 12.1. The minimum absolute atomic E-state index is 0.138. The molecule has 1 saturated carbocycles. The number of pyridine rings is 1. The zero-order valence-corrected chi connectivity index (χ0v) is 12.0. The summed E-state index contributed by atoms with van der Waals surface area (Å²) in [6.45, 7) is 1.79. The molecule has 4 rings (SSSR count). The van der Waals surface area contributed by atoms with E-state index in [0.717, 1.165) is 37.9 Å². The molecule has 0 aromatic carbocycles. The van der Waals surface area contributed by atoms with Crippen LogP contribution in [0.4, 0.5) is 5.69 Å². The summed E-state index contributed by atoms with van der Waals surface area (Å²) in [5.41, 5.74) is 2.28. The Balaban J connectivity index is 1.52. The molecule has 0 bridgehead atoms. The fraction of sp³-hybridized carbons (Fsp3) is 0.467. The smallest absolute Gasteiger partial charge is 0.225 e. The Labute approximate surface area is 121 Å². The maximum Gasteiger partial charge on any atom is 0.225 e. The van der Waals surface area contributed by atoms with E-state index in [2.05, 4.69) is 32.7 Å². The maximum atomic E-state index is 12.1. The highest BCUT2D eigenvalue weighted by molar-refractivity contribution is 7.17. The first kappa shape index (κ1) is 12.1. The number of aromatic nitrogens is 1. The largest absolute Gasteiger partial charge is 0.369 e. The van der Waals surface area contributed by atoms with Crippen molar-refractivity contribution in [2.75, 3.05) is 18.0 Å². The first-order chi connectivity index (χ1) is 9.81. The third-order valence-electron chi connectivity index (χ3n) is 4.15. The summed E-state index contributed by atoms with van der Waals surface area (Å²) in [7, 11) is 0. The van der Waals surface area contributed by atoms with E-state index in [1.165, 1.54) is 10.4 Å². The van der Waals surface area contributed by atoms with Gasteiger partial charge in [-0.15, -0.1) is 11.3 Å².